The van der Waals surface area contributed by atoms with E-state index in [2.05, 4.69) is 22.4 Å². The van der Waals surface area contributed by atoms with Crippen LogP contribution in [-0.4, -0.2) is 22.3 Å². The number of aromatic nitrogens is 1. The van der Waals surface area contributed by atoms with Crippen LogP contribution in [0, 0.1) is 0 Å². The number of nitrogens with zero attached hydrogens (tertiary/aromatic N) is 2. The lowest BCUT2D eigenvalue weighted by molar-refractivity contribution is 0.0745. The van der Waals surface area contributed by atoms with Crippen LogP contribution in [0.25, 0.3) is 0 Å². The summed E-state index contributed by atoms with van der Waals surface area (Å²) in [5.74, 6) is 0.732. The number of anilines is 1. The van der Waals surface area contributed by atoms with Gasteiger partial charge >= 0.3 is 0 Å². The number of hydrogen-bond donors (Lipinski definition) is 1. The molecule has 0 saturated heterocycles. The largest absolute Gasteiger partial charge is 0.370 e. The maximum atomic E-state index is 12.5. The lowest BCUT2D eigenvalue weighted by Gasteiger charge is -2.15. The van der Waals surface area contributed by atoms with Crippen molar-refractivity contribution in [3.63, 3.8) is 0 Å². The smallest absolute Gasteiger partial charge is 0.273 e. The Morgan fingerprint density at radius 3 is 2.50 bits per heavy atom. The molecule has 4 heteroatoms. The van der Waals surface area contributed by atoms with Gasteiger partial charge in [0.15, 0.2) is 0 Å². The summed E-state index contributed by atoms with van der Waals surface area (Å²) in [6.07, 6.45) is 0. The average Bonchev–Trinajstić information content (AvgIpc) is 2.91. The Morgan fingerprint density at radius 2 is 1.85 bits per heavy atom. The minimum Gasteiger partial charge on any atom is -0.370 e. The van der Waals surface area contributed by atoms with Gasteiger partial charge in [0, 0.05) is 19.6 Å². The van der Waals surface area contributed by atoms with E-state index in [0.717, 1.165) is 12.4 Å². The summed E-state index contributed by atoms with van der Waals surface area (Å²) in [5, 5.41) is 3.13. The van der Waals surface area contributed by atoms with Crippen LogP contribution in [0.4, 0.5) is 5.82 Å². The molecule has 3 rings (SSSR count). The lowest BCUT2D eigenvalue weighted by Crippen LogP contribution is -2.26. The molecule has 0 aliphatic carbocycles. The highest BCUT2D eigenvalue weighted by molar-refractivity contribution is 5.93. The van der Waals surface area contributed by atoms with Crippen LogP contribution in [0.3, 0.4) is 0 Å². The fraction of sp³-hybridized carbons (Fsp3) is 0.250. The molecule has 0 fully saturated rings. The van der Waals surface area contributed by atoms with E-state index in [1.165, 1.54) is 11.1 Å². The van der Waals surface area contributed by atoms with E-state index < -0.39 is 0 Å². The van der Waals surface area contributed by atoms with E-state index in [1.807, 2.05) is 36.1 Å². The molecule has 20 heavy (non-hydrogen) atoms. The summed E-state index contributed by atoms with van der Waals surface area (Å²) < 4.78 is 0. The Kier molecular flexibility index (Phi) is 3.37. The summed E-state index contributed by atoms with van der Waals surface area (Å²) in [6, 6.07) is 13.7. The molecule has 0 saturated carbocycles. The predicted octanol–water partition coefficient (Wildman–Crippen LogP) is 2.67. The van der Waals surface area contributed by atoms with Crippen LogP contribution in [0.5, 0.6) is 0 Å². The molecule has 1 N–H and O–H groups in total. The first-order valence-electron chi connectivity index (χ1n) is 6.85. The van der Waals surface area contributed by atoms with Crippen molar-refractivity contribution >= 4 is 11.7 Å². The van der Waals surface area contributed by atoms with Gasteiger partial charge in [-0.05, 0) is 30.2 Å². The zero-order chi connectivity index (χ0) is 13.9. The van der Waals surface area contributed by atoms with E-state index in [1.54, 1.807) is 6.07 Å². The molecule has 102 valence electrons. The normalized spacial score (nSPS) is 13.2. The monoisotopic (exact) mass is 267 g/mol. The number of hydrogen-bond acceptors (Lipinski definition) is 3. The summed E-state index contributed by atoms with van der Waals surface area (Å²) in [5.41, 5.74) is 2.95. The third-order valence-corrected chi connectivity index (χ3v) is 3.45. The van der Waals surface area contributed by atoms with Gasteiger partial charge in [-0.15, -0.1) is 0 Å². The van der Waals surface area contributed by atoms with Crippen LogP contribution >= 0.6 is 0 Å². The molecule has 4 nitrogen and oxygen atoms in total. The first-order valence-corrected chi connectivity index (χ1v) is 6.85. The number of carbonyl (C=O) groups excluding carboxylic acids is 1. The topological polar surface area (TPSA) is 45.2 Å². The van der Waals surface area contributed by atoms with Gasteiger partial charge < -0.3 is 10.2 Å². The fourth-order valence-electron chi connectivity index (χ4n) is 2.47. The molecule has 1 aliphatic heterocycles. The first kappa shape index (κ1) is 12.7. The van der Waals surface area contributed by atoms with Crippen molar-refractivity contribution < 1.29 is 4.79 Å². The van der Waals surface area contributed by atoms with Crippen molar-refractivity contribution in [3.05, 3.63) is 59.3 Å². The molecule has 2 heterocycles. The first-order chi connectivity index (χ1) is 9.78. The highest BCUT2D eigenvalue weighted by Crippen LogP contribution is 2.23. The number of carbonyl (C=O) groups is 1. The van der Waals surface area contributed by atoms with Crippen molar-refractivity contribution in [1.29, 1.82) is 0 Å². The Labute approximate surface area is 118 Å². The number of pyridine rings is 1. The zero-order valence-electron chi connectivity index (χ0n) is 11.5. The minimum atomic E-state index is -0.0130. The molecule has 1 amide bonds. The molecule has 2 aromatic rings. The molecule has 0 unspecified atom stereocenters. The van der Waals surface area contributed by atoms with E-state index in [9.17, 15) is 4.79 Å². The van der Waals surface area contributed by atoms with Gasteiger partial charge in [-0.1, -0.05) is 30.3 Å². The van der Waals surface area contributed by atoms with Crippen molar-refractivity contribution in [2.45, 2.75) is 20.0 Å². The van der Waals surface area contributed by atoms with Crippen LogP contribution < -0.4 is 5.32 Å². The molecule has 1 aromatic heterocycles. The Balaban J connectivity index is 1.79. The molecule has 0 spiro atoms. The van der Waals surface area contributed by atoms with Gasteiger partial charge in [0.25, 0.3) is 5.91 Å². The summed E-state index contributed by atoms with van der Waals surface area (Å²) in [7, 11) is 0. The number of rotatable bonds is 3. The van der Waals surface area contributed by atoms with Gasteiger partial charge in [0.05, 0.1) is 0 Å². The third-order valence-electron chi connectivity index (χ3n) is 3.45. The van der Waals surface area contributed by atoms with Crippen molar-refractivity contribution in [3.8, 4) is 0 Å². The highest BCUT2D eigenvalue weighted by atomic mass is 16.2. The van der Waals surface area contributed by atoms with Gasteiger partial charge in [0.1, 0.15) is 11.5 Å². The van der Waals surface area contributed by atoms with Crippen molar-refractivity contribution in [2.24, 2.45) is 0 Å². The molecular weight excluding hydrogens is 250 g/mol. The van der Waals surface area contributed by atoms with Crippen molar-refractivity contribution in [2.75, 3.05) is 11.9 Å². The zero-order valence-corrected chi connectivity index (χ0v) is 11.5. The lowest BCUT2D eigenvalue weighted by atomic mass is 10.1. The number of amides is 1. The number of nitrogens with one attached hydrogen (secondary N) is 1. The van der Waals surface area contributed by atoms with Crippen LogP contribution in [0.2, 0.25) is 0 Å². The molecule has 1 aliphatic rings. The fourth-order valence-corrected chi connectivity index (χ4v) is 2.47. The second-order valence-electron chi connectivity index (χ2n) is 4.87. The predicted molar refractivity (Wildman–Crippen MR) is 78.4 cm³/mol. The quantitative estimate of drug-likeness (QED) is 0.930. The van der Waals surface area contributed by atoms with Crippen molar-refractivity contribution in [1.82, 2.24) is 9.88 Å². The second kappa shape index (κ2) is 5.33. The minimum absolute atomic E-state index is 0.0130. The highest BCUT2D eigenvalue weighted by Gasteiger charge is 2.24. The standard InChI is InChI=1S/C16H17N3O/c1-2-17-15-9-5-8-14(18-15)16(20)19-10-12-6-3-4-7-13(12)11-19/h3-9H,2,10-11H2,1H3,(H,17,18). The summed E-state index contributed by atoms with van der Waals surface area (Å²) >= 11 is 0. The second-order valence-corrected chi connectivity index (χ2v) is 4.87. The maximum absolute atomic E-state index is 12.5. The Morgan fingerprint density at radius 1 is 1.15 bits per heavy atom. The Bertz CT molecular complexity index is 614. The SMILES string of the molecule is CCNc1cccc(C(=O)N2Cc3ccccc3C2)n1. The van der Waals surface area contributed by atoms with Gasteiger partial charge in [0.2, 0.25) is 0 Å². The molecular formula is C16H17N3O. The van der Waals surface area contributed by atoms with Gasteiger partial charge in [-0.25, -0.2) is 4.98 Å². The summed E-state index contributed by atoms with van der Waals surface area (Å²) in [6.45, 7) is 4.14. The van der Waals surface area contributed by atoms with Gasteiger partial charge in [-0.3, -0.25) is 4.79 Å². The molecule has 0 atom stereocenters. The Hall–Kier alpha value is -2.36. The molecule has 0 radical (unpaired) electrons. The summed E-state index contributed by atoms with van der Waals surface area (Å²) in [4.78, 5) is 18.7. The maximum Gasteiger partial charge on any atom is 0.273 e. The number of fused-ring (bicyclic) bond motifs is 1. The van der Waals surface area contributed by atoms with Gasteiger partial charge in [-0.2, -0.15) is 0 Å². The van der Waals surface area contributed by atoms with Crippen LogP contribution in [-0.2, 0) is 13.1 Å². The van der Waals surface area contributed by atoms with E-state index in [0.29, 0.717) is 18.8 Å². The van der Waals surface area contributed by atoms with Crippen LogP contribution in [0.1, 0.15) is 28.5 Å². The van der Waals surface area contributed by atoms with E-state index in [-0.39, 0.29) is 5.91 Å². The molecule has 1 aromatic carbocycles. The molecule has 0 bridgehead atoms. The third kappa shape index (κ3) is 2.37. The van der Waals surface area contributed by atoms with E-state index >= 15 is 0 Å². The average molecular weight is 267 g/mol. The van der Waals surface area contributed by atoms with Crippen LogP contribution in [0.15, 0.2) is 42.5 Å². The number of benzene rings is 1. The van der Waals surface area contributed by atoms with E-state index in [4.69, 9.17) is 0 Å².